The first-order chi connectivity index (χ1) is 12.6. The van der Waals surface area contributed by atoms with Crippen LogP contribution in [0.15, 0.2) is 65.9 Å². The number of hydrazone groups is 1. The molecule has 0 amide bonds. The summed E-state index contributed by atoms with van der Waals surface area (Å²) < 4.78 is 4.60. The van der Waals surface area contributed by atoms with E-state index in [1.165, 1.54) is 5.56 Å². The van der Waals surface area contributed by atoms with Gasteiger partial charge in [-0.15, -0.1) is 5.10 Å². The number of rotatable bonds is 4. The average molecular weight is 544 g/mol. The maximum absolute atomic E-state index is 5.97. The summed E-state index contributed by atoms with van der Waals surface area (Å²) in [5.41, 5.74) is 6.03. The van der Waals surface area contributed by atoms with Crippen molar-refractivity contribution < 1.29 is 0 Å². The maximum atomic E-state index is 5.97. The second kappa shape index (κ2) is 7.45. The molecular weight excluding hydrogens is 530 g/mol. The molecule has 0 spiro atoms. The molecule has 0 unspecified atom stereocenters. The Morgan fingerprint density at radius 3 is 2.54 bits per heavy atom. The van der Waals surface area contributed by atoms with Crippen LogP contribution >= 0.6 is 50.3 Å². The van der Waals surface area contributed by atoms with Gasteiger partial charge in [0.05, 0.1) is 28.0 Å². The van der Waals surface area contributed by atoms with Crippen molar-refractivity contribution in [2.75, 3.05) is 5.12 Å². The minimum atomic E-state index is 0.697. The van der Waals surface area contributed by atoms with Crippen LogP contribution in [-0.4, -0.2) is 19.7 Å². The topological polar surface area (TPSA) is 48.7 Å². The Morgan fingerprint density at radius 1 is 1.08 bits per heavy atom. The quantitative estimate of drug-likeness (QED) is 0.388. The first-order valence-electron chi connectivity index (χ1n) is 7.75. The second-order valence-corrected chi connectivity index (χ2v) is 7.70. The largest absolute Gasteiger partial charge is 0.225 e. The Balaban J connectivity index is 1.55. The van der Waals surface area contributed by atoms with E-state index in [-0.39, 0.29) is 0 Å². The highest BCUT2D eigenvalue weighted by molar-refractivity contribution is 14.1. The van der Waals surface area contributed by atoms with Crippen molar-refractivity contribution in [2.45, 2.75) is 6.42 Å². The lowest BCUT2D eigenvalue weighted by atomic mass is 10.1. The maximum Gasteiger partial charge on any atom is 0.163 e. The van der Waals surface area contributed by atoms with Crippen molar-refractivity contribution in [3.05, 3.63) is 75.1 Å². The van der Waals surface area contributed by atoms with E-state index >= 15 is 0 Å². The highest BCUT2D eigenvalue weighted by atomic mass is 127. The van der Waals surface area contributed by atoms with Crippen LogP contribution in [0.4, 0.5) is 5.69 Å². The van der Waals surface area contributed by atoms with Gasteiger partial charge in [0.15, 0.2) is 5.84 Å². The molecule has 4 rings (SSSR count). The SMILES string of the molecule is Clc1ccc(-n2ncc(N3NN=C(Cc4ccccc4)N3Br)c2I)cc1. The van der Waals surface area contributed by atoms with Gasteiger partial charge in [-0.3, -0.25) is 0 Å². The molecule has 0 aliphatic carbocycles. The molecule has 1 aliphatic rings. The van der Waals surface area contributed by atoms with Gasteiger partial charge in [-0.25, -0.2) is 4.68 Å². The van der Waals surface area contributed by atoms with Crippen LogP contribution in [0.5, 0.6) is 0 Å². The van der Waals surface area contributed by atoms with E-state index in [0.29, 0.717) is 11.4 Å². The van der Waals surface area contributed by atoms with Crippen molar-refractivity contribution in [3.8, 4) is 5.69 Å². The van der Waals surface area contributed by atoms with Gasteiger partial charge in [-0.1, -0.05) is 41.9 Å². The monoisotopic (exact) mass is 542 g/mol. The van der Waals surface area contributed by atoms with E-state index in [4.69, 9.17) is 11.6 Å². The molecule has 3 aromatic rings. The number of aromatic nitrogens is 2. The predicted octanol–water partition coefficient (Wildman–Crippen LogP) is 4.54. The van der Waals surface area contributed by atoms with Gasteiger partial charge in [0, 0.05) is 11.4 Å². The van der Waals surface area contributed by atoms with Crippen molar-refractivity contribution in [3.63, 3.8) is 0 Å². The van der Waals surface area contributed by atoms with Gasteiger partial charge in [0.25, 0.3) is 0 Å². The number of hydrogen-bond acceptors (Lipinski definition) is 5. The summed E-state index contributed by atoms with van der Waals surface area (Å²) in [5.74, 6) is 0.853. The molecule has 1 aromatic heterocycles. The molecule has 2 aromatic carbocycles. The fourth-order valence-corrected chi connectivity index (χ4v) is 3.91. The third kappa shape index (κ3) is 3.40. The van der Waals surface area contributed by atoms with Crippen molar-refractivity contribution >= 4 is 61.9 Å². The Hall–Kier alpha value is -1.78. The zero-order valence-electron chi connectivity index (χ0n) is 13.4. The van der Waals surface area contributed by atoms with E-state index in [0.717, 1.165) is 20.9 Å². The highest BCUT2D eigenvalue weighted by Crippen LogP contribution is 2.29. The van der Waals surface area contributed by atoms with E-state index in [2.05, 4.69) is 66.6 Å². The summed E-state index contributed by atoms with van der Waals surface area (Å²) in [6.07, 6.45) is 2.50. The minimum absolute atomic E-state index is 0.697. The summed E-state index contributed by atoms with van der Waals surface area (Å²) in [6, 6.07) is 17.8. The molecule has 0 fully saturated rings. The Morgan fingerprint density at radius 2 is 1.81 bits per heavy atom. The van der Waals surface area contributed by atoms with Crippen LogP contribution < -0.4 is 10.7 Å². The predicted molar refractivity (Wildman–Crippen MR) is 115 cm³/mol. The first kappa shape index (κ1) is 17.6. The molecule has 0 saturated heterocycles. The Bertz CT molecular complexity index is 944. The normalized spacial score (nSPS) is 13.7. The van der Waals surface area contributed by atoms with E-state index < -0.39 is 0 Å². The average Bonchev–Trinajstić information content (AvgIpc) is 3.20. The number of amidine groups is 1. The van der Waals surface area contributed by atoms with Gasteiger partial charge < -0.3 is 0 Å². The Kier molecular flexibility index (Phi) is 5.05. The molecule has 26 heavy (non-hydrogen) atoms. The lowest BCUT2D eigenvalue weighted by Crippen LogP contribution is -2.40. The zero-order valence-corrected chi connectivity index (χ0v) is 17.8. The third-order valence-corrected chi connectivity index (χ3v) is 5.85. The number of hydrazine groups is 2. The van der Waals surface area contributed by atoms with E-state index in [9.17, 15) is 0 Å². The summed E-state index contributed by atoms with van der Waals surface area (Å²) in [4.78, 5) is 0. The van der Waals surface area contributed by atoms with Crippen molar-refractivity contribution in [1.82, 2.24) is 19.4 Å². The van der Waals surface area contributed by atoms with Gasteiger partial charge in [0.2, 0.25) is 0 Å². The van der Waals surface area contributed by atoms with Crippen LogP contribution in [0.25, 0.3) is 5.69 Å². The number of nitrogens with zero attached hydrogens (tertiary/aromatic N) is 5. The zero-order chi connectivity index (χ0) is 18.1. The molecule has 9 heteroatoms. The fraction of sp³-hybridized carbons (Fsp3) is 0.0588. The molecule has 2 heterocycles. The molecule has 0 radical (unpaired) electrons. The molecule has 0 bridgehead atoms. The van der Waals surface area contributed by atoms with Crippen LogP contribution in [0, 0.1) is 3.70 Å². The van der Waals surface area contributed by atoms with Crippen molar-refractivity contribution in [1.29, 1.82) is 0 Å². The highest BCUT2D eigenvalue weighted by Gasteiger charge is 2.28. The fourth-order valence-electron chi connectivity index (χ4n) is 2.56. The van der Waals surface area contributed by atoms with E-state index in [1.807, 2.05) is 51.2 Å². The minimum Gasteiger partial charge on any atom is -0.225 e. The smallest absolute Gasteiger partial charge is 0.163 e. The number of hydrogen-bond donors (Lipinski definition) is 1. The lowest BCUT2D eigenvalue weighted by Gasteiger charge is -2.23. The summed E-state index contributed by atoms with van der Waals surface area (Å²) in [6.45, 7) is 0. The van der Waals surface area contributed by atoms with Gasteiger partial charge in [-0.2, -0.15) is 19.8 Å². The molecule has 1 N–H and O–H groups in total. The van der Waals surface area contributed by atoms with Crippen LogP contribution in [-0.2, 0) is 6.42 Å². The molecular formula is C17H13BrClIN6. The van der Waals surface area contributed by atoms with Gasteiger partial charge in [0.1, 0.15) is 9.39 Å². The van der Waals surface area contributed by atoms with E-state index in [1.54, 1.807) is 11.3 Å². The lowest BCUT2D eigenvalue weighted by molar-refractivity contribution is 0.568. The van der Waals surface area contributed by atoms with Gasteiger partial charge in [-0.05, 0) is 52.4 Å². The molecule has 6 nitrogen and oxygen atoms in total. The van der Waals surface area contributed by atoms with Crippen LogP contribution in [0.1, 0.15) is 5.56 Å². The number of nitrogens with one attached hydrogen (secondary N) is 1. The summed E-state index contributed by atoms with van der Waals surface area (Å²) in [7, 11) is 0. The summed E-state index contributed by atoms with van der Waals surface area (Å²) in [5, 5.41) is 11.4. The second-order valence-electron chi connectivity index (χ2n) is 5.57. The number of benzene rings is 2. The van der Waals surface area contributed by atoms with Crippen LogP contribution in [0.3, 0.4) is 0 Å². The number of halogens is 3. The molecule has 0 saturated carbocycles. The van der Waals surface area contributed by atoms with Crippen molar-refractivity contribution in [2.24, 2.45) is 5.10 Å². The molecule has 132 valence electrons. The number of anilines is 1. The van der Waals surface area contributed by atoms with Crippen LogP contribution in [0.2, 0.25) is 5.02 Å². The standard InChI is InChI=1S/C17H13BrClIN6/c18-25-16(10-12-4-2-1-3-5-12)22-23-26(25)15-11-21-24(17(15)20)14-8-6-13(19)7-9-14/h1-9,11,23H,10H2. The van der Waals surface area contributed by atoms with Gasteiger partial charge >= 0.3 is 0 Å². The molecule has 0 atom stereocenters. The third-order valence-electron chi connectivity index (χ3n) is 3.86. The Labute approximate surface area is 177 Å². The summed E-state index contributed by atoms with van der Waals surface area (Å²) >= 11 is 11.8. The first-order valence-corrected chi connectivity index (χ1v) is 9.91. The molecule has 1 aliphatic heterocycles.